The van der Waals surface area contributed by atoms with E-state index in [0.717, 1.165) is 64.2 Å². The van der Waals surface area contributed by atoms with Crippen LogP contribution in [0.3, 0.4) is 0 Å². The number of allylic oxidation sites excluding steroid dienone is 4. The van der Waals surface area contributed by atoms with Gasteiger partial charge in [-0.3, -0.25) is 9.59 Å². The fraction of sp³-hybridized carbons (Fsp3) is 0.885. The van der Waals surface area contributed by atoms with Crippen molar-refractivity contribution in [3.05, 3.63) is 24.3 Å². The first-order valence-corrected chi connectivity index (χ1v) is 26.4. The SMILES string of the molecule is CCCCC/C=C/CCCCCCCC(=O)OC[C@H](CO[C@H]1O[C@@H](CO[C@H]2O[C@@H](CO)[C@@H](O)C(O)C2O)[C@@H](O)C(O)C1O)OC(=O)CCCCCCCCCCC/C=C/CCCCCCCC. The number of carbonyl (C=O) groups excluding carboxylic acids is 2. The van der Waals surface area contributed by atoms with Crippen molar-refractivity contribution in [1.82, 2.24) is 0 Å². The molecule has 11 atom stereocenters. The summed E-state index contributed by atoms with van der Waals surface area (Å²) in [4.78, 5) is 25.7. The first-order valence-electron chi connectivity index (χ1n) is 26.4. The van der Waals surface area contributed by atoms with Crippen molar-refractivity contribution in [2.75, 3.05) is 26.4 Å². The molecule has 2 aliphatic rings. The highest BCUT2D eigenvalue weighted by Gasteiger charge is 2.47. The van der Waals surface area contributed by atoms with Gasteiger partial charge >= 0.3 is 11.9 Å². The zero-order valence-corrected chi connectivity index (χ0v) is 41.4. The average Bonchev–Trinajstić information content (AvgIpc) is 3.32. The fourth-order valence-electron chi connectivity index (χ4n) is 8.26. The van der Waals surface area contributed by atoms with Gasteiger partial charge in [0.1, 0.15) is 55.4 Å². The van der Waals surface area contributed by atoms with Gasteiger partial charge in [0.15, 0.2) is 18.7 Å². The predicted octanol–water partition coefficient (Wildman–Crippen LogP) is 7.55. The van der Waals surface area contributed by atoms with E-state index in [9.17, 15) is 45.3 Å². The number of aliphatic hydroxyl groups excluding tert-OH is 7. The lowest BCUT2D eigenvalue weighted by Crippen LogP contribution is -2.61. The molecule has 0 aromatic carbocycles. The van der Waals surface area contributed by atoms with Gasteiger partial charge in [-0.1, -0.05) is 147 Å². The van der Waals surface area contributed by atoms with Gasteiger partial charge in [-0.05, 0) is 64.2 Å². The number of hydrogen-bond acceptors (Lipinski definition) is 15. The third kappa shape index (κ3) is 27.8. The lowest BCUT2D eigenvalue weighted by atomic mass is 9.98. The van der Waals surface area contributed by atoms with Gasteiger partial charge in [0, 0.05) is 12.8 Å². The molecule has 0 radical (unpaired) electrons. The standard InChI is InChI=1S/C52H94O15/c1-3-5-7-9-11-13-15-17-18-19-20-21-22-23-25-27-29-31-33-35-44(55)65-40(37-62-43(54)34-32-30-28-26-24-16-14-12-10-8-6-4-2)38-63-51-50(61)48(59)46(57)42(67-51)39-64-52-49(60)47(58)45(56)41(36-53)66-52/h12,14,17-18,40-42,45-53,56-61H,3-11,13,15-16,19-39H2,1-2H3/b14-12+,18-17+/t40-,41+,42+,45-,46-,47?,48?,49?,50?,51+,52+/m1/s1. The molecule has 0 aliphatic carbocycles. The smallest absolute Gasteiger partial charge is 0.306 e. The summed E-state index contributed by atoms with van der Waals surface area (Å²) < 4.78 is 33.6. The number of ether oxygens (including phenoxy) is 6. The predicted molar refractivity (Wildman–Crippen MR) is 257 cm³/mol. The molecule has 15 heteroatoms. The second-order valence-corrected chi connectivity index (χ2v) is 18.7. The summed E-state index contributed by atoms with van der Waals surface area (Å²) in [6.45, 7) is 2.56. The number of esters is 2. The molecule has 4 unspecified atom stereocenters. The highest BCUT2D eigenvalue weighted by atomic mass is 16.7. The van der Waals surface area contributed by atoms with Crippen LogP contribution in [0.5, 0.6) is 0 Å². The van der Waals surface area contributed by atoms with E-state index in [0.29, 0.717) is 12.8 Å². The Balaban J connectivity index is 1.79. The number of rotatable bonds is 41. The van der Waals surface area contributed by atoms with Gasteiger partial charge in [0.25, 0.3) is 0 Å². The molecule has 7 N–H and O–H groups in total. The molecule has 67 heavy (non-hydrogen) atoms. The highest BCUT2D eigenvalue weighted by Crippen LogP contribution is 2.26. The Morgan fingerprint density at radius 3 is 1.34 bits per heavy atom. The summed E-state index contributed by atoms with van der Waals surface area (Å²) in [6, 6.07) is 0. The zero-order chi connectivity index (χ0) is 48.9. The van der Waals surface area contributed by atoms with Crippen LogP contribution >= 0.6 is 0 Å². The molecular weight excluding hydrogens is 865 g/mol. The zero-order valence-electron chi connectivity index (χ0n) is 41.4. The van der Waals surface area contributed by atoms with Crippen molar-refractivity contribution in [3.8, 4) is 0 Å². The molecule has 392 valence electrons. The number of hydrogen-bond donors (Lipinski definition) is 7. The monoisotopic (exact) mass is 959 g/mol. The van der Waals surface area contributed by atoms with Crippen molar-refractivity contribution >= 4 is 11.9 Å². The van der Waals surface area contributed by atoms with Gasteiger partial charge < -0.3 is 64.2 Å². The maximum absolute atomic E-state index is 13.0. The molecule has 0 amide bonds. The van der Waals surface area contributed by atoms with Gasteiger partial charge in [-0.15, -0.1) is 0 Å². The quantitative estimate of drug-likeness (QED) is 0.0178. The molecule has 2 saturated heterocycles. The van der Waals surface area contributed by atoms with Crippen LogP contribution in [0.25, 0.3) is 0 Å². The van der Waals surface area contributed by atoms with E-state index in [1.54, 1.807) is 0 Å². The largest absolute Gasteiger partial charge is 0.462 e. The van der Waals surface area contributed by atoms with Crippen molar-refractivity contribution in [2.45, 2.75) is 268 Å². The van der Waals surface area contributed by atoms with Crippen LogP contribution in [-0.2, 0) is 38.0 Å². The summed E-state index contributed by atoms with van der Waals surface area (Å²) in [5, 5.41) is 72.1. The number of carbonyl (C=O) groups is 2. The van der Waals surface area contributed by atoms with Gasteiger partial charge in [-0.25, -0.2) is 0 Å². The molecule has 2 fully saturated rings. The molecule has 0 bridgehead atoms. The molecule has 15 nitrogen and oxygen atoms in total. The highest BCUT2D eigenvalue weighted by molar-refractivity contribution is 5.70. The minimum Gasteiger partial charge on any atom is -0.462 e. The Bertz CT molecular complexity index is 1270. The lowest BCUT2D eigenvalue weighted by molar-refractivity contribution is -0.332. The Kier molecular flexibility index (Phi) is 36.2. The Labute approximate surface area is 403 Å². The van der Waals surface area contributed by atoms with Crippen LogP contribution in [0, 0.1) is 0 Å². The molecule has 2 heterocycles. The van der Waals surface area contributed by atoms with Crippen molar-refractivity contribution in [3.63, 3.8) is 0 Å². The van der Waals surface area contributed by atoms with E-state index in [4.69, 9.17) is 28.4 Å². The Morgan fingerprint density at radius 1 is 0.463 bits per heavy atom. The van der Waals surface area contributed by atoms with Gasteiger partial charge in [-0.2, -0.15) is 0 Å². The maximum atomic E-state index is 13.0. The summed E-state index contributed by atoms with van der Waals surface area (Å²) in [7, 11) is 0. The Hall–Kier alpha value is -2.02. The molecule has 0 saturated carbocycles. The average molecular weight is 959 g/mol. The number of aliphatic hydroxyl groups is 7. The van der Waals surface area contributed by atoms with Crippen LogP contribution in [0.4, 0.5) is 0 Å². The van der Waals surface area contributed by atoms with E-state index in [-0.39, 0.29) is 26.1 Å². The van der Waals surface area contributed by atoms with E-state index >= 15 is 0 Å². The van der Waals surface area contributed by atoms with E-state index in [2.05, 4.69) is 38.2 Å². The minimum atomic E-state index is -1.76. The van der Waals surface area contributed by atoms with Crippen LogP contribution in [-0.4, -0.2) is 142 Å². The molecule has 2 rings (SSSR count). The van der Waals surface area contributed by atoms with E-state index < -0.39 is 92.7 Å². The molecule has 0 spiro atoms. The summed E-state index contributed by atoms with van der Waals surface area (Å²) >= 11 is 0. The molecule has 0 aromatic rings. The first kappa shape index (κ1) is 61.1. The van der Waals surface area contributed by atoms with Crippen LogP contribution in [0.2, 0.25) is 0 Å². The normalized spacial score (nSPS) is 26.1. The van der Waals surface area contributed by atoms with Crippen LogP contribution in [0.15, 0.2) is 24.3 Å². The first-order chi connectivity index (χ1) is 32.5. The second-order valence-electron chi connectivity index (χ2n) is 18.7. The van der Waals surface area contributed by atoms with Crippen molar-refractivity contribution in [1.29, 1.82) is 0 Å². The lowest BCUT2D eigenvalue weighted by Gasteiger charge is -2.42. The Morgan fingerprint density at radius 2 is 0.851 bits per heavy atom. The molecule has 2 aliphatic heterocycles. The van der Waals surface area contributed by atoms with Crippen molar-refractivity contribution < 1.29 is 73.8 Å². The van der Waals surface area contributed by atoms with Gasteiger partial charge in [0.05, 0.1) is 19.8 Å². The fourth-order valence-corrected chi connectivity index (χ4v) is 8.26. The molecule has 0 aromatic heterocycles. The molecular formula is C52H94O15. The topological polar surface area (TPSA) is 231 Å². The second kappa shape index (κ2) is 39.7. The summed E-state index contributed by atoms with van der Waals surface area (Å²) in [6.07, 6.45) is 23.5. The van der Waals surface area contributed by atoms with Crippen LogP contribution in [0.1, 0.15) is 200 Å². The summed E-state index contributed by atoms with van der Waals surface area (Å²) in [5.41, 5.74) is 0. The minimum absolute atomic E-state index is 0.163. The van der Waals surface area contributed by atoms with Crippen LogP contribution < -0.4 is 0 Å². The van der Waals surface area contributed by atoms with E-state index in [1.165, 1.54) is 96.3 Å². The van der Waals surface area contributed by atoms with Gasteiger partial charge in [0.2, 0.25) is 0 Å². The van der Waals surface area contributed by atoms with Crippen molar-refractivity contribution in [2.24, 2.45) is 0 Å². The maximum Gasteiger partial charge on any atom is 0.306 e. The number of unbranched alkanes of at least 4 members (excludes halogenated alkanes) is 23. The summed E-state index contributed by atoms with van der Waals surface area (Å²) in [5.74, 6) is -0.933. The third-order valence-electron chi connectivity index (χ3n) is 12.7. The van der Waals surface area contributed by atoms with E-state index in [1.807, 2.05) is 0 Å². The third-order valence-corrected chi connectivity index (χ3v) is 12.7.